The first-order chi connectivity index (χ1) is 17.5. The predicted molar refractivity (Wildman–Crippen MR) is 146 cm³/mol. The third-order valence-corrected chi connectivity index (χ3v) is 6.97. The molecule has 3 rings (SSSR count). The maximum Gasteiger partial charge on any atom is 0.226 e. The van der Waals surface area contributed by atoms with Gasteiger partial charge < -0.3 is 24.0 Å². The lowest BCUT2D eigenvalue weighted by atomic mass is 10.1. The fourth-order valence-corrected chi connectivity index (χ4v) is 4.83. The summed E-state index contributed by atoms with van der Waals surface area (Å²) in [5.41, 5.74) is 2.30. The van der Waals surface area contributed by atoms with E-state index in [0.29, 0.717) is 12.5 Å². The van der Waals surface area contributed by atoms with E-state index in [1.54, 1.807) is 21.3 Å². The number of rotatable bonds is 14. The van der Waals surface area contributed by atoms with Crippen molar-refractivity contribution in [1.82, 2.24) is 9.80 Å². The van der Waals surface area contributed by atoms with Crippen LogP contribution in [0.5, 0.6) is 17.2 Å². The summed E-state index contributed by atoms with van der Waals surface area (Å²) in [6.45, 7) is 2.74. The van der Waals surface area contributed by atoms with Gasteiger partial charge in [0.2, 0.25) is 5.91 Å². The van der Waals surface area contributed by atoms with Crippen molar-refractivity contribution in [2.45, 2.75) is 51.0 Å². The van der Waals surface area contributed by atoms with Gasteiger partial charge in [-0.3, -0.25) is 4.79 Å². The molecule has 0 saturated heterocycles. The van der Waals surface area contributed by atoms with Gasteiger partial charge in [-0.15, -0.1) is 0 Å². The Morgan fingerprint density at radius 3 is 2.31 bits per heavy atom. The Balaban J connectivity index is 1.46. The van der Waals surface area contributed by atoms with Gasteiger partial charge in [0, 0.05) is 25.6 Å². The third-order valence-electron chi connectivity index (χ3n) is 6.97. The SMILES string of the molecule is COc1ccc(/C=C/CC(=O)N(CCCN(C)CCc2ccc(OC)c(OC)c2)C2CCCC2)cc1. The van der Waals surface area contributed by atoms with Crippen molar-refractivity contribution in [2.75, 3.05) is 48.0 Å². The number of hydrogen-bond acceptors (Lipinski definition) is 5. The van der Waals surface area contributed by atoms with Gasteiger partial charge >= 0.3 is 0 Å². The summed E-state index contributed by atoms with van der Waals surface area (Å²) in [6.07, 6.45) is 11.1. The predicted octanol–water partition coefficient (Wildman–Crippen LogP) is 5.45. The molecule has 1 amide bonds. The maximum absolute atomic E-state index is 13.1. The van der Waals surface area contributed by atoms with Crippen molar-refractivity contribution in [3.8, 4) is 17.2 Å². The van der Waals surface area contributed by atoms with Crippen LogP contribution in [0, 0.1) is 0 Å². The van der Waals surface area contributed by atoms with E-state index in [1.165, 1.54) is 18.4 Å². The molecule has 196 valence electrons. The zero-order valence-corrected chi connectivity index (χ0v) is 22.4. The molecule has 6 heteroatoms. The van der Waals surface area contributed by atoms with Crippen LogP contribution in [-0.4, -0.2) is 69.8 Å². The van der Waals surface area contributed by atoms with Gasteiger partial charge in [-0.25, -0.2) is 0 Å². The molecule has 0 unspecified atom stereocenters. The quantitative estimate of drug-likeness (QED) is 0.349. The topological polar surface area (TPSA) is 51.2 Å². The van der Waals surface area contributed by atoms with Crippen LogP contribution in [-0.2, 0) is 11.2 Å². The van der Waals surface area contributed by atoms with E-state index < -0.39 is 0 Å². The molecule has 0 heterocycles. The highest BCUT2D eigenvalue weighted by molar-refractivity contribution is 5.79. The van der Waals surface area contributed by atoms with Gasteiger partial charge in [-0.2, -0.15) is 0 Å². The van der Waals surface area contributed by atoms with E-state index in [1.807, 2.05) is 48.6 Å². The normalized spacial score (nSPS) is 13.9. The molecule has 1 fully saturated rings. The second-order valence-electron chi connectivity index (χ2n) is 9.50. The number of benzene rings is 2. The smallest absolute Gasteiger partial charge is 0.226 e. The number of amides is 1. The average Bonchev–Trinajstić information content (AvgIpc) is 3.44. The number of likely N-dealkylation sites (N-methyl/N-ethyl adjacent to an activating group) is 1. The highest BCUT2D eigenvalue weighted by Crippen LogP contribution is 2.28. The van der Waals surface area contributed by atoms with Crippen LogP contribution in [0.2, 0.25) is 0 Å². The summed E-state index contributed by atoms with van der Waals surface area (Å²) in [5.74, 6) is 2.60. The molecule has 0 atom stereocenters. The standard InChI is InChI=1S/C30H42N2O4/c1-31(22-19-25-15-18-28(35-3)29(23-25)36-4)20-8-21-32(26-10-5-6-11-26)30(33)12-7-9-24-13-16-27(34-2)17-14-24/h7,9,13-18,23,26H,5-6,8,10-12,19-22H2,1-4H3/b9-7+. The van der Waals surface area contributed by atoms with Crippen molar-refractivity contribution in [2.24, 2.45) is 0 Å². The molecular weight excluding hydrogens is 452 g/mol. The van der Waals surface area contributed by atoms with Gasteiger partial charge in [0.25, 0.3) is 0 Å². The van der Waals surface area contributed by atoms with Gasteiger partial charge in [-0.05, 0) is 74.7 Å². The van der Waals surface area contributed by atoms with Crippen LogP contribution in [0.25, 0.3) is 6.08 Å². The van der Waals surface area contributed by atoms with Crippen molar-refractivity contribution in [1.29, 1.82) is 0 Å². The molecule has 2 aromatic carbocycles. The maximum atomic E-state index is 13.1. The fraction of sp³-hybridized carbons (Fsp3) is 0.500. The Hall–Kier alpha value is -2.99. The first-order valence-electron chi connectivity index (χ1n) is 13.0. The summed E-state index contributed by atoms with van der Waals surface area (Å²) in [4.78, 5) is 17.6. The van der Waals surface area contributed by atoms with Crippen LogP contribution < -0.4 is 14.2 Å². The molecule has 1 saturated carbocycles. The second kappa shape index (κ2) is 14.5. The zero-order valence-electron chi connectivity index (χ0n) is 22.4. The lowest BCUT2D eigenvalue weighted by Gasteiger charge is -2.29. The third kappa shape index (κ3) is 8.30. The first kappa shape index (κ1) is 27.6. The lowest BCUT2D eigenvalue weighted by Crippen LogP contribution is -2.40. The molecule has 0 aliphatic heterocycles. The molecule has 36 heavy (non-hydrogen) atoms. The summed E-state index contributed by atoms with van der Waals surface area (Å²) in [5, 5.41) is 0. The molecule has 0 bridgehead atoms. The molecule has 0 spiro atoms. The van der Waals surface area contributed by atoms with Gasteiger partial charge in [-0.1, -0.05) is 43.2 Å². The molecule has 0 radical (unpaired) electrons. The molecule has 0 aromatic heterocycles. The summed E-state index contributed by atoms with van der Waals surface area (Å²) >= 11 is 0. The van der Waals surface area contributed by atoms with Crippen LogP contribution in [0.1, 0.15) is 49.7 Å². The fourth-order valence-electron chi connectivity index (χ4n) is 4.83. The average molecular weight is 495 g/mol. The van der Waals surface area contributed by atoms with Gasteiger partial charge in [0.05, 0.1) is 21.3 Å². The minimum absolute atomic E-state index is 0.236. The van der Waals surface area contributed by atoms with Crippen LogP contribution in [0.15, 0.2) is 48.5 Å². The zero-order chi connectivity index (χ0) is 25.8. The summed E-state index contributed by atoms with van der Waals surface area (Å²) in [6, 6.07) is 14.4. The number of carbonyl (C=O) groups excluding carboxylic acids is 1. The Morgan fingerprint density at radius 2 is 1.64 bits per heavy atom. The molecule has 1 aliphatic carbocycles. The Morgan fingerprint density at radius 1 is 0.917 bits per heavy atom. The molecular formula is C30H42N2O4. The van der Waals surface area contributed by atoms with E-state index in [-0.39, 0.29) is 5.91 Å². The monoisotopic (exact) mass is 494 g/mol. The van der Waals surface area contributed by atoms with E-state index in [2.05, 4.69) is 22.9 Å². The number of ether oxygens (including phenoxy) is 3. The summed E-state index contributed by atoms with van der Waals surface area (Å²) < 4.78 is 16.0. The number of nitrogens with zero attached hydrogens (tertiary/aromatic N) is 2. The second-order valence-corrected chi connectivity index (χ2v) is 9.50. The Labute approximate surface area is 216 Å². The van der Waals surface area contributed by atoms with E-state index in [9.17, 15) is 4.79 Å². The minimum atomic E-state index is 0.236. The number of hydrogen-bond donors (Lipinski definition) is 0. The van der Waals surface area contributed by atoms with E-state index in [0.717, 1.165) is 68.1 Å². The largest absolute Gasteiger partial charge is 0.497 e. The number of carbonyl (C=O) groups is 1. The molecule has 1 aliphatic rings. The highest BCUT2D eigenvalue weighted by atomic mass is 16.5. The van der Waals surface area contributed by atoms with Gasteiger partial charge in [0.1, 0.15) is 5.75 Å². The molecule has 0 N–H and O–H groups in total. The highest BCUT2D eigenvalue weighted by Gasteiger charge is 2.25. The van der Waals surface area contributed by atoms with Crippen molar-refractivity contribution in [3.05, 3.63) is 59.7 Å². The van der Waals surface area contributed by atoms with Crippen LogP contribution >= 0.6 is 0 Å². The molecule has 6 nitrogen and oxygen atoms in total. The van der Waals surface area contributed by atoms with Crippen LogP contribution in [0.3, 0.4) is 0 Å². The van der Waals surface area contributed by atoms with E-state index in [4.69, 9.17) is 14.2 Å². The summed E-state index contributed by atoms with van der Waals surface area (Å²) in [7, 11) is 7.14. The first-order valence-corrected chi connectivity index (χ1v) is 13.0. The molecule has 2 aromatic rings. The van der Waals surface area contributed by atoms with E-state index >= 15 is 0 Å². The van der Waals surface area contributed by atoms with Crippen LogP contribution in [0.4, 0.5) is 0 Å². The number of methoxy groups -OCH3 is 3. The Kier molecular flexibility index (Phi) is 11.1. The Bertz CT molecular complexity index is 967. The van der Waals surface area contributed by atoms with Crippen molar-refractivity contribution < 1.29 is 19.0 Å². The lowest BCUT2D eigenvalue weighted by molar-refractivity contribution is -0.132. The van der Waals surface area contributed by atoms with Gasteiger partial charge in [0.15, 0.2) is 11.5 Å². The van der Waals surface area contributed by atoms with Crippen molar-refractivity contribution >= 4 is 12.0 Å². The minimum Gasteiger partial charge on any atom is -0.497 e. The van der Waals surface area contributed by atoms with Crippen molar-refractivity contribution in [3.63, 3.8) is 0 Å².